The number of hydrogen-bond donors (Lipinski definition) is 1. The van der Waals surface area contributed by atoms with Crippen LogP contribution in [0.2, 0.25) is 0 Å². The number of imide groups is 2. The fraction of sp³-hybridized carbons (Fsp3) is 0.625. The van der Waals surface area contributed by atoms with Gasteiger partial charge in [-0.3, -0.25) is 24.2 Å². The molecule has 9 nitrogen and oxygen atoms in total. The second-order valence-corrected chi connectivity index (χ2v) is 6.45. The van der Waals surface area contributed by atoms with E-state index in [4.69, 9.17) is 0 Å². The van der Waals surface area contributed by atoms with Gasteiger partial charge < -0.3 is 10.2 Å². The van der Waals surface area contributed by atoms with E-state index in [1.807, 2.05) is 0 Å². The number of halogens is 1. The number of carbonyl (C=O) groups is 4. The van der Waals surface area contributed by atoms with Crippen LogP contribution in [0.15, 0.2) is 12.7 Å². The number of amides is 5. The SMILES string of the molecule is C=CCN1C(=O)C(=O)N(CC(=O)N2CCC(N3CCNCC3)C2)C1=O.Cl. The molecule has 26 heavy (non-hydrogen) atoms. The number of rotatable bonds is 5. The fourth-order valence-electron chi connectivity index (χ4n) is 3.53. The van der Waals surface area contributed by atoms with E-state index >= 15 is 0 Å². The highest BCUT2D eigenvalue weighted by Gasteiger charge is 2.45. The smallest absolute Gasteiger partial charge is 0.335 e. The van der Waals surface area contributed by atoms with Crippen molar-refractivity contribution < 1.29 is 19.2 Å². The molecule has 3 aliphatic rings. The van der Waals surface area contributed by atoms with Gasteiger partial charge in [-0.05, 0) is 6.42 Å². The minimum absolute atomic E-state index is 0. The van der Waals surface area contributed by atoms with Crippen LogP contribution >= 0.6 is 12.4 Å². The standard InChI is InChI=1S/C16H23N5O4.ClH/c1-2-6-20-14(23)15(24)21(16(20)25)11-13(22)19-7-3-12(10-19)18-8-4-17-5-9-18;/h2,12,17H,1,3-11H2;1H. The molecule has 0 saturated carbocycles. The highest BCUT2D eigenvalue weighted by Crippen LogP contribution is 2.18. The maximum atomic E-state index is 12.5. The number of carbonyl (C=O) groups excluding carboxylic acids is 4. The fourth-order valence-corrected chi connectivity index (χ4v) is 3.53. The molecule has 0 spiro atoms. The van der Waals surface area contributed by atoms with Crippen LogP contribution in [0.3, 0.4) is 0 Å². The molecule has 144 valence electrons. The number of nitrogens with zero attached hydrogens (tertiary/aromatic N) is 4. The van der Waals surface area contributed by atoms with E-state index in [1.165, 1.54) is 6.08 Å². The van der Waals surface area contributed by atoms with E-state index in [0.717, 1.165) is 42.4 Å². The lowest BCUT2D eigenvalue weighted by molar-refractivity contribution is -0.144. The zero-order chi connectivity index (χ0) is 18.0. The zero-order valence-electron chi connectivity index (χ0n) is 14.6. The number of likely N-dealkylation sites (tertiary alicyclic amines) is 1. The van der Waals surface area contributed by atoms with Crippen LogP contribution in [-0.2, 0) is 14.4 Å². The topological polar surface area (TPSA) is 93.3 Å². The minimum atomic E-state index is -0.946. The van der Waals surface area contributed by atoms with Crippen molar-refractivity contribution >= 4 is 36.2 Å². The highest BCUT2D eigenvalue weighted by molar-refractivity contribution is 6.45. The second kappa shape index (κ2) is 8.61. The van der Waals surface area contributed by atoms with Crippen molar-refractivity contribution in [3.05, 3.63) is 12.7 Å². The monoisotopic (exact) mass is 385 g/mol. The summed E-state index contributed by atoms with van der Waals surface area (Å²) in [6, 6.07) is -0.434. The summed E-state index contributed by atoms with van der Waals surface area (Å²) in [5.41, 5.74) is 0. The first kappa shape index (κ1) is 20.3. The van der Waals surface area contributed by atoms with E-state index < -0.39 is 17.8 Å². The summed E-state index contributed by atoms with van der Waals surface area (Å²) in [5.74, 6) is -2.15. The van der Waals surface area contributed by atoms with Crippen LogP contribution in [0.25, 0.3) is 0 Å². The average Bonchev–Trinajstić information content (AvgIpc) is 3.19. The summed E-state index contributed by atoms with van der Waals surface area (Å²) < 4.78 is 0. The quantitative estimate of drug-likeness (QED) is 0.366. The summed E-state index contributed by atoms with van der Waals surface area (Å²) in [6.07, 6.45) is 2.25. The van der Waals surface area contributed by atoms with Crippen molar-refractivity contribution in [2.24, 2.45) is 0 Å². The lowest BCUT2D eigenvalue weighted by Gasteiger charge is -2.32. The number of hydrogen-bond acceptors (Lipinski definition) is 6. The molecule has 1 N–H and O–H groups in total. The Labute approximate surface area is 158 Å². The van der Waals surface area contributed by atoms with Gasteiger partial charge >= 0.3 is 17.8 Å². The van der Waals surface area contributed by atoms with Crippen LogP contribution in [0, 0.1) is 0 Å². The van der Waals surface area contributed by atoms with Crippen molar-refractivity contribution in [1.82, 2.24) is 24.9 Å². The molecule has 3 rings (SSSR count). The lowest BCUT2D eigenvalue weighted by Crippen LogP contribution is -2.50. The Morgan fingerprint density at radius 1 is 1.12 bits per heavy atom. The predicted octanol–water partition coefficient (Wildman–Crippen LogP) is -1.11. The third kappa shape index (κ3) is 3.89. The van der Waals surface area contributed by atoms with Gasteiger partial charge in [-0.15, -0.1) is 19.0 Å². The zero-order valence-corrected chi connectivity index (χ0v) is 15.4. The first-order valence-electron chi connectivity index (χ1n) is 8.53. The summed E-state index contributed by atoms with van der Waals surface area (Å²) in [5, 5.41) is 3.30. The molecule has 3 fully saturated rings. The van der Waals surface area contributed by atoms with E-state index in [2.05, 4.69) is 16.8 Å². The third-order valence-corrected chi connectivity index (χ3v) is 4.92. The van der Waals surface area contributed by atoms with Gasteiger partial charge in [0.2, 0.25) is 5.91 Å². The van der Waals surface area contributed by atoms with Crippen LogP contribution in [-0.4, -0.2) is 102 Å². The van der Waals surface area contributed by atoms with Crippen LogP contribution < -0.4 is 5.32 Å². The molecule has 1 atom stereocenters. The van der Waals surface area contributed by atoms with Crippen LogP contribution in [0.1, 0.15) is 6.42 Å². The molecule has 0 aromatic heterocycles. The molecule has 0 bridgehead atoms. The molecular weight excluding hydrogens is 362 g/mol. The molecule has 0 aromatic carbocycles. The Balaban J connectivity index is 0.00000243. The maximum Gasteiger partial charge on any atom is 0.335 e. The molecule has 3 aliphatic heterocycles. The largest absolute Gasteiger partial charge is 0.340 e. The summed E-state index contributed by atoms with van der Waals surface area (Å²) >= 11 is 0. The molecule has 5 amide bonds. The first-order chi connectivity index (χ1) is 12.0. The highest BCUT2D eigenvalue weighted by atomic mass is 35.5. The third-order valence-electron chi connectivity index (χ3n) is 4.92. The van der Waals surface area contributed by atoms with Gasteiger partial charge in [0.1, 0.15) is 6.54 Å². The van der Waals surface area contributed by atoms with E-state index in [1.54, 1.807) is 4.90 Å². The van der Waals surface area contributed by atoms with Gasteiger partial charge in [0, 0.05) is 51.9 Å². The molecule has 0 radical (unpaired) electrons. The lowest BCUT2D eigenvalue weighted by atomic mass is 10.2. The maximum absolute atomic E-state index is 12.5. The summed E-state index contributed by atoms with van der Waals surface area (Å²) in [6.45, 7) is 8.05. The second-order valence-electron chi connectivity index (χ2n) is 6.45. The Hall–Kier alpha value is -1.97. The van der Waals surface area contributed by atoms with Crippen molar-refractivity contribution in [1.29, 1.82) is 0 Å². The van der Waals surface area contributed by atoms with Gasteiger partial charge in [0.15, 0.2) is 0 Å². The van der Waals surface area contributed by atoms with E-state index in [9.17, 15) is 19.2 Å². The van der Waals surface area contributed by atoms with Gasteiger partial charge in [-0.2, -0.15) is 0 Å². The minimum Gasteiger partial charge on any atom is -0.340 e. The normalized spacial score (nSPS) is 24.2. The average molecular weight is 386 g/mol. The van der Waals surface area contributed by atoms with Gasteiger partial charge in [0.25, 0.3) is 0 Å². The molecular formula is C16H24ClN5O4. The Morgan fingerprint density at radius 2 is 1.77 bits per heavy atom. The Bertz CT molecular complexity index is 607. The molecule has 3 heterocycles. The molecule has 0 aromatic rings. The van der Waals surface area contributed by atoms with Crippen LogP contribution in [0.5, 0.6) is 0 Å². The molecule has 1 unspecified atom stereocenters. The Morgan fingerprint density at radius 3 is 2.42 bits per heavy atom. The van der Waals surface area contributed by atoms with Crippen molar-refractivity contribution in [2.75, 3.05) is 52.4 Å². The number of urea groups is 1. The van der Waals surface area contributed by atoms with Gasteiger partial charge in [0.05, 0.1) is 0 Å². The summed E-state index contributed by atoms with van der Waals surface area (Å²) in [4.78, 5) is 54.0. The van der Waals surface area contributed by atoms with Crippen LogP contribution in [0.4, 0.5) is 4.79 Å². The van der Waals surface area contributed by atoms with E-state index in [0.29, 0.717) is 19.1 Å². The molecule has 10 heteroatoms. The van der Waals surface area contributed by atoms with Crippen molar-refractivity contribution in [3.63, 3.8) is 0 Å². The van der Waals surface area contributed by atoms with Gasteiger partial charge in [-0.25, -0.2) is 9.69 Å². The van der Waals surface area contributed by atoms with Crippen molar-refractivity contribution in [3.8, 4) is 0 Å². The predicted molar refractivity (Wildman–Crippen MR) is 95.7 cm³/mol. The van der Waals surface area contributed by atoms with Crippen molar-refractivity contribution in [2.45, 2.75) is 12.5 Å². The number of nitrogens with one attached hydrogen (secondary N) is 1. The van der Waals surface area contributed by atoms with E-state index in [-0.39, 0.29) is 31.4 Å². The Kier molecular flexibility index (Phi) is 6.74. The first-order valence-corrected chi connectivity index (χ1v) is 8.53. The number of piperazine rings is 1. The van der Waals surface area contributed by atoms with Gasteiger partial charge in [-0.1, -0.05) is 6.08 Å². The summed E-state index contributed by atoms with van der Waals surface area (Å²) in [7, 11) is 0. The molecule has 3 saturated heterocycles. The molecule has 0 aliphatic carbocycles.